The van der Waals surface area contributed by atoms with Crippen LogP contribution in [0.4, 0.5) is 5.69 Å². The Balaban J connectivity index is 2.49. The van der Waals surface area contributed by atoms with Crippen molar-refractivity contribution in [1.29, 1.82) is 0 Å². The molecule has 1 aromatic heterocycles. The maximum absolute atomic E-state index is 12.7. The molecule has 1 aromatic carbocycles. The summed E-state index contributed by atoms with van der Waals surface area (Å²) < 4.78 is 32.1. The van der Waals surface area contributed by atoms with Gasteiger partial charge in [-0.3, -0.25) is 4.31 Å². The molecule has 0 aliphatic rings. The van der Waals surface area contributed by atoms with Crippen LogP contribution in [-0.2, 0) is 15.9 Å². The van der Waals surface area contributed by atoms with Crippen molar-refractivity contribution in [3.63, 3.8) is 0 Å². The van der Waals surface area contributed by atoms with Gasteiger partial charge in [0.15, 0.2) is 0 Å². The van der Waals surface area contributed by atoms with Crippen LogP contribution in [0.3, 0.4) is 0 Å². The lowest BCUT2D eigenvalue weighted by atomic mass is 10.1. The van der Waals surface area contributed by atoms with Gasteiger partial charge in [0.05, 0.1) is 11.6 Å². The van der Waals surface area contributed by atoms with Gasteiger partial charge in [-0.15, -0.1) is 11.6 Å². The highest BCUT2D eigenvalue weighted by Crippen LogP contribution is 2.28. The molecule has 4 nitrogen and oxygen atoms in total. The summed E-state index contributed by atoms with van der Waals surface area (Å²) in [6.45, 7) is 5.50. The molecular formula is C15H18ClNO3S. The molecule has 0 spiro atoms. The maximum Gasteiger partial charge on any atom is 0.267 e. The minimum absolute atomic E-state index is 0.142. The number of furan rings is 1. The fourth-order valence-electron chi connectivity index (χ4n) is 2.26. The summed E-state index contributed by atoms with van der Waals surface area (Å²) >= 11 is 5.70. The van der Waals surface area contributed by atoms with Gasteiger partial charge >= 0.3 is 0 Å². The van der Waals surface area contributed by atoms with Crippen molar-refractivity contribution in [2.24, 2.45) is 0 Å². The number of nitrogens with zero attached hydrogens (tertiary/aromatic N) is 1. The summed E-state index contributed by atoms with van der Waals surface area (Å²) in [5.41, 5.74) is 2.65. The van der Waals surface area contributed by atoms with Crippen LogP contribution >= 0.6 is 11.6 Å². The molecule has 0 N–H and O–H groups in total. The molecule has 0 aliphatic heterocycles. The molecule has 0 atom stereocenters. The van der Waals surface area contributed by atoms with Crippen LogP contribution in [-0.4, -0.2) is 15.5 Å². The topological polar surface area (TPSA) is 50.5 Å². The molecule has 1 heterocycles. The first-order valence-corrected chi connectivity index (χ1v) is 8.45. The summed E-state index contributed by atoms with van der Waals surface area (Å²) in [6, 6.07) is 7.15. The number of anilines is 1. The summed E-state index contributed by atoms with van der Waals surface area (Å²) in [5.74, 6) is 0.937. The Kier molecular flexibility index (Phi) is 4.35. The standard InChI is InChI=1S/C15H18ClNO3S/c1-10-5-11(2)7-13(6-10)17(4)21(18,19)15-8-14(9-16)20-12(15)3/h5-8H,9H2,1-4H3. The third-order valence-corrected chi connectivity index (χ3v) is 5.42. The molecule has 0 amide bonds. The van der Waals surface area contributed by atoms with Gasteiger partial charge in [-0.05, 0) is 44.0 Å². The summed E-state index contributed by atoms with van der Waals surface area (Å²) in [7, 11) is -2.13. The number of halogens is 1. The van der Waals surface area contributed by atoms with E-state index in [1.807, 2.05) is 32.0 Å². The first-order valence-electron chi connectivity index (χ1n) is 6.48. The van der Waals surface area contributed by atoms with Crippen LogP contribution in [0.5, 0.6) is 0 Å². The Morgan fingerprint density at radius 3 is 2.14 bits per heavy atom. The molecule has 0 saturated heterocycles. The zero-order valence-corrected chi connectivity index (χ0v) is 14.0. The van der Waals surface area contributed by atoms with Gasteiger partial charge in [0.25, 0.3) is 10.0 Å². The lowest BCUT2D eigenvalue weighted by molar-refractivity contribution is 0.492. The predicted octanol–water partition coefficient (Wildman–Crippen LogP) is 3.77. The van der Waals surface area contributed by atoms with Crippen molar-refractivity contribution in [2.75, 3.05) is 11.4 Å². The molecular weight excluding hydrogens is 310 g/mol. The molecule has 0 aliphatic carbocycles. The summed E-state index contributed by atoms with van der Waals surface area (Å²) in [4.78, 5) is 0.153. The molecule has 21 heavy (non-hydrogen) atoms. The van der Waals surface area contributed by atoms with Gasteiger partial charge in [0, 0.05) is 13.1 Å². The monoisotopic (exact) mass is 327 g/mol. The average molecular weight is 328 g/mol. The number of aryl methyl sites for hydroxylation is 3. The number of rotatable bonds is 4. The largest absolute Gasteiger partial charge is 0.464 e. The van der Waals surface area contributed by atoms with Crippen molar-refractivity contribution in [3.05, 3.63) is 46.9 Å². The molecule has 114 valence electrons. The van der Waals surface area contributed by atoms with Crippen LogP contribution in [0.1, 0.15) is 22.6 Å². The number of benzene rings is 1. The third kappa shape index (κ3) is 3.09. The van der Waals surface area contributed by atoms with Crippen molar-refractivity contribution < 1.29 is 12.8 Å². The Bertz CT molecular complexity index is 745. The van der Waals surface area contributed by atoms with Gasteiger partial charge in [-0.2, -0.15) is 0 Å². The minimum Gasteiger partial charge on any atom is -0.464 e. The van der Waals surface area contributed by atoms with E-state index >= 15 is 0 Å². The van der Waals surface area contributed by atoms with Crippen LogP contribution in [0.15, 0.2) is 33.6 Å². The Hall–Kier alpha value is -1.46. The fourth-order valence-corrected chi connectivity index (χ4v) is 3.76. The zero-order valence-electron chi connectivity index (χ0n) is 12.5. The fraction of sp³-hybridized carbons (Fsp3) is 0.333. The van der Waals surface area contributed by atoms with Crippen molar-refractivity contribution in [3.8, 4) is 0 Å². The van der Waals surface area contributed by atoms with E-state index in [1.165, 1.54) is 17.4 Å². The Labute approximate surface area is 130 Å². The Morgan fingerprint density at radius 1 is 1.10 bits per heavy atom. The molecule has 0 unspecified atom stereocenters. The number of alkyl halides is 1. The van der Waals surface area contributed by atoms with Crippen LogP contribution < -0.4 is 4.31 Å². The smallest absolute Gasteiger partial charge is 0.267 e. The van der Waals surface area contributed by atoms with Gasteiger partial charge < -0.3 is 4.42 Å². The average Bonchev–Trinajstić information content (AvgIpc) is 2.78. The predicted molar refractivity (Wildman–Crippen MR) is 84.5 cm³/mol. The first-order chi connectivity index (χ1) is 9.75. The van der Waals surface area contributed by atoms with Gasteiger partial charge in [-0.1, -0.05) is 6.07 Å². The van der Waals surface area contributed by atoms with E-state index in [-0.39, 0.29) is 10.8 Å². The molecule has 6 heteroatoms. The van der Waals surface area contributed by atoms with E-state index in [1.54, 1.807) is 6.92 Å². The van der Waals surface area contributed by atoms with E-state index in [0.29, 0.717) is 17.2 Å². The summed E-state index contributed by atoms with van der Waals surface area (Å²) in [5, 5.41) is 0. The molecule has 0 radical (unpaired) electrons. The quantitative estimate of drug-likeness (QED) is 0.803. The molecule has 0 saturated carbocycles. The molecule has 2 aromatic rings. The van der Waals surface area contributed by atoms with Gasteiger partial charge in [0.2, 0.25) is 0 Å². The minimum atomic E-state index is -3.66. The van der Waals surface area contributed by atoms with Gasteiger partial charge in [-0.25, -0.2) is 8.42 Å². The van der Waals surface area contributed by atoms with Crippen molar-refractivity contribution >= 4 is 27.3 Å². The second kappa shape index (κ2) is 5.73. The zero-order chi connectivity index (χ0) is 15.8. The van der Waals surface area contributed by atoms with E-state index < -0.39 is 10.0 Å². The number of sulfonamides is 1. The third-order valence-electron chi connectivity index (χ3n) is 3.26. The normalized spacial score (nSPS) is 11.7. The number of hydrogen-bond acceptors (Lipinski definition) is 3. The van der Waals surface area contributed by atoms with Crippen LogP contribution in [0.2, 0.25) is 0 Å². The van der Waals surface area contributed by atoms with Crippen molar-refractivity contribution in [2.45, 2.75) is 31.5 Å². The second-order valence-corrected chi connectivity index (χ2v) is 7.29. The SMILES string of the molecule is Cc1cc(C)cc(N(C)S(=O)(=O)c2cc(CCl)oc2C)c1. The van der Waals surface area contributed by atoms with Crippen LogP contribution in [0.25, 0.3) is 0 Å². The van der Waals surface area contributed by atoms with Crippen molar-refractivity contribution in [1.82, 2.24) is 0 Å². The van der Waals surface area contributed by atoms with E-state index in [4.69, 9.17) is 16.0 Å². The molecule has 0 bridgehead atoms. The van der Waals surface area contributed by atoms with E-state index in [0.717, 1.165) is 11.1 Å². The Morgan fingerprint density at radius 2 is 1.67 bits per heavy atom. The van der Waals surface area contributed by atoms with Crippen LogP contribution in [0, 0.1) is 20.8 Å². The maximum atomic E-state index is 12.7. The number of hydrogen-bond donors (Lipinski definition) is 0. The molecule has 2 rings (SSSR count). The first kappa shape index (κ1) is 15.9. The highest BCUT2D eigenvalue weighted by atomic mass is 35.5. The molecule has 0 fully saturated rings. The lowest BCUT2D eigenvalue weighted by Gasteiger charge is -2.20. The van der Waals surface area contributed by atoms with E-state index in [9.17, 15) is 8.42 Å². The lowest BCUT2D eigenvalue weighted by Crippen LogP contribution is -2.26. The highest BCUT2D eigenvalue weighted by Gasteiger charge is 2.26. The highest BCUT2D eigenvalue weighted by molar-refractivity contribution is 7.92. The second-order valence-electron chi connectivity index (χ2n) is 5.09. The van der Waals surface area contributed by atoms with Gasteiger partial charge in [0.1, 0.15) is 16.4 Å². The summed E-state index contributed by atoms with van der Waals surface area (Å²) in [6.07, 6.45) is 0. The van der Waals surface area contributed by atoms with E-state index in [2.05, 4.69) is 0 Å².